The average molecular weight is 189 g/mol. The molecule has 0 aromatic carbocycles. The van der Waals surface area contributed by atoms with Crippen LogP contribution in [0.2, 0.25) is 0 Å². The molecule has 1 aliphatic heterocycles. The standard InChI is InChI=1S/C10H20FNO/c1-2-3-4-9-7-10(13)8-12(9)6-5-11/h9-10,13H,2-8H2,1H3. The number of halogens is 1. The number of hydrogen-bond acceptors (Lipinski definition) is 2. The van der Waals surface area contributed by atoms with Crippen molar-refractivity contribution < 1.29 is 9.50 Å². The summed E-state index contributed by atoms with van der Waals surface area (Å²) >= 11 is 0. The molecule has 1 saturated heterocycles. The lowest BCUT2D eigenvalue weighted by Crippen LogP contribution is -2.31. The first kappa shape index (κ1) is 10.9. The summed E-state index contributed by atoms with van der Waals surface area (Å²) in [6.45, 7) is 3.02. The Hall–Kier alpha value is -0.150. The maximum Gasteiger partial charge on any atom is 0.102 e. The maximum atomic E-state index is 12.1. The molecule has 2 unspecified atom stereocenters. The molecule has 78 valence electrons. The van der Waals surface area contributed by atoms with Gasteiger partial charge in [-0.25, -0.2) is 4.39 Å². The van der Waals surface area contributed by atoms with E-state index in [2.05, 4.69) is 11.8 Å². The van der Waals surface area contributed by atoms with Crippen molar-refractivity contribution in [2.45, 2.75) is 44.8 Å². The smallest absolute Gasteiger partial charge is 0.102 e. The van der Waals surface area contributed by atoms with Gasteiger partial charge in [-0.2, -0.15) is 0 Å². The predicted octanol–water partition coefficient (Wildman–Crippen LogP) is 1.58. The number of aliphatic hydroxyl groups is 1. The Morgan fingerprint density at radius 3 is 2.92 bits per heavy atom. The zero-order valence-electron chi connectivity index (χ0n) is 8.38. The number of aliphatic hydroxyl groups excluding tert-OH is 1. The van der Waals surface area contributed by atoms with Crippen LogP contribution in [0, 0.1) is 0 Å². The molecule has 2 atom stereocenters. The molecule has 1 N–H and O–H groups in total. The third kappa shape index (κ3) is 3.24. The topological polar surface area (TPSA) is 23.5 Å². The quantitative estimate of drug-likeness (QED) is 0.710. The summed E-state index contributed by atoms with van der Waals surface area (Å²) in [5.74, 6) is 0. The van der Waals surface area contributed by atoms with Crippen LogP contribution in [0.25, 0.3) is 0 Å². The first-order chi connectivity index (χ1) is 6.27. The van der Waals surface area contributed by atoms with E-state index in [1.54, 1.807) is 0 Å². The van der Waals surface area contributed by atoms with Crippen LogP contribution in [-0.2, 0) is 0 Å². The van der Waals surface area contributed by atoms with E-state index < -0.39 is 0 Å². The largest absolute Gasteiger partial charge is 0.392 e. The molecule has 1 aliphatic rings. The predicted molar refractivity (Wildman–Crippen MR) is 51.5 cm³/mol. The molecule has 0 saturated carbocycles. The van der Waals surface area contributed by atoms with Crippen LogP contribution in [0.15, 0.2) is 0 Å². The third-order valence-electron chi connectivity index (χ3n) is 2.77. The normalized spacial score (nSPS) is 29.8. The zero-order chi connectivity index (χ0) is 9.68. The number of hydrogen-bond donors (Lipinski definition) is 1. The Balaban J connectivity index is 2.31. The van der Waals surface area contributed by atoms with Gasteiger partial charge in [0.2, 0.25) is 0 Å². The molecule has 1 heterocycles. The van der Waals surface area contributed by atoms with Crippen molar-refractivity contribution in [3.05, 3.63) is 0 Å². The van der Waals surface area contributed by atoms with E-state index in [0.717, 1.165) is 12.8 Å². The maximum absolute atomic E-state index is 12.1. The van der Waals surface area contributed by atoms with Crippen molar-refractivity contribution in [1.82, 2.24) is 4.90 Å². The molecule has 0 radical (unpaired) electrons. The van der Waals surface area contributed by atoms with Crippen LogP contribution in [0.4, 0.5) is 4.39 Å². The highest BCUT2D eigenvalue weighted by molar-refractivity contribution is 4.84. The molecule has 0 spiro atoms. The number of nitrogens with zero attached hydrogens (tertiary/aromatic N) is 1. The van der Waals surface area contributed by atoms with Crippen LogP contribution in [-0.4, -0.2) is 41.9 Å². The van der Waals surface area contributed by atoms with Gasteiger partial charge < -0.3 is 5.11 Å². The SMILES string of the molecule is CCCCC1CC(O)CN1CCF. The van der Waals surface area contributed by atoms with Crippen molar-refractivity contribution in [3.8, 4) is 0 Å². The molecule has 0 aliphatic carbocycles. The number of unbranched alkanes of at least 4 members (excludes halogenated alkanes) is 1. The fourth-order valence-electron chi connectivity index (χ4n) is 2.08. The van der Waals surface area contributed by atoms with Gasteiger partial charge in [0.05, 0.1) is 6.10 Å². The van der Waals surface area contributed by atoms with Gasteiger partial charge in [0.25, 0.3) is 0 Å². The van der Waals surface area contributed by atoms with Gasteiger partial charge in [-0.1, -0.05) is 19.8 Å². The van der Waals surface area contributed by atoms with Crippen molar-refractivity contribution in [1.29, 1.82) is 0 Å². The van der Waals surface area contributed by atoms with Crippen molar-refractivity contribution in [2.75, 3.05) is 19.8 Å². The van der Waals surface area contributed by atoms with E-state index >= 15 is 0 Å². The molecule has 3 heteroatoms. The van der Waals surface area contributed by atoms with Crippen LogP contribution < -0.4 is 0 Å². The lowest BCUT2D eigenvalue weighted by atomic mass is 10.1. The minimum Gasteiger partial charge on any atom is -0.392 e. The molecular formula is C10H20FNO. The Kier molecular flexibility index (Phi) is 4.67. The van der Waals surface area contributed by atoms with E-state index in [4.69, 9.17) is 0 Å². The van der Waals surface area contributed by atoms with Gasteiger partial charge in [-0.15, -0.1) is 0 Å². The fraction of sp³-hybridized carbons (Fsp3) is 1.00. The summed E-state index contributed by atoms with van der Waals surface area (Å²) in [6, 6.07) is 0.422. The molecule has 1 fully saturated rings. The number of β-amino-alcohol motifs (C(OH)–C–C–N with tert-alkyl or cyclic N) is 1. The van der Waals surface area contributed by atoms with E-state index in [-0.39, 0.29) is 12.8 Å². The van der Waals surface area contributed by atoms with E-state index in [1.807, 2.05) is 0 Å². The highest BCUT2D eigenvalue weighted by Crippen LogP contribution is 2.21. The number of rotatable bonds is 5. The Bertz CT molecular complexity index is 143. The monoisotopic (exact) mass is 189 g/mol. The summed E-state index contributed by atoms with van der Waals surface area (Å²) in [5, 5.41) is 9.43. The second kappa shape index (κ2) is 5.55. The number of likely N-dealkylation sites (tertiary alicyclic amines) is 1. The van der Waals surface area contributed by atoms with Crippen LogP contribution in [0.5, 0.6) is 0 Å². The van der Waals surface area contributed by atoms with Gasteiger partial charge >= 0.3 is 0 Å². The lowest BCUT2D eigenvalue weighted by Gasteiger charge is -2.22. The van der Waals surface area contributed by atoms with Gasteiger partial charge in [-0.3, -0.25) is 4.90 Å². The molecule has 0 aromatic rings. The first-order valence-corrected chi connectivity index (χ1v) is 5.26. The summed E-state index contributed by atoms with van der Waals surface area (Å²) in [7, 11) is 0. The molecule has 0 amide bonds. The first-order valence-electron chi connectivity index (χ1n) is 5.26. The van der Waals surface area contributed by atoms with Gasteiger partial charge in [0, 0.05) is 19.1 Å². The molecule has 0 aromatic heterocycles. The second-order valence-electron chi connectivity index (χ2n) is 3.87. The minimum absolute atomic E-state index is 0.228. The third-order valence-corrected chi connectivity index (χ3v) is 2.77. The van der Waals surface area contributed by atoms with Crippen molar-refractivity contribution in [2.24, 2.45) is 0 Å². The van der Waals surface area contributed by atoms with E-state index in [0.29, 0.717) is 19.1 Å². The highest BCUT2D eigenvalue weighted by atomic mass is 19.1. The van der Waals surface area contributed by atoms with E-state index in [9.17, 15) is 9.50 Å². The fourth-order valence-corrected chi connectivity index (χ4v) is 2.08. The van der Waals surface area contributed by atoms with E-state index in [1.165, 1.54) is 12.8 Å². The summed E-state index contributed by atoms with van der Waals surface area (Å²) in [6.07, 6.45) is 4.07. The van der Waals surface area contributed by atoms with Crippen molar-refractivity contribution >= 4 is 0 Å². The molecule has 1 rings (SSSR count). The van der Waals surface area contributed by atoms with Crippen molar-refractivity contribution in [3.63, 3.8) is 0 Å². The Morgan fingerprint density at radius 1 is 1.54 bits per heavy atom. The molecule has 0 bridgehead atoms. The Morgan fingerprint density at radius 2 is 2.31 bits per heavy atom. The molecule has 2 nitrogen and oxygen atoms in total. The van der Waals surface area contributed by atoms with Gasteiger partial charge in [0.15, 0.2) is 0 Å². The molecular weight excluding hydrogens is 169 g/mol. The summed E-state index contributed by atoms with van der Waals surface area (Å²) in [4.78, 5) is 2.08. The summed E-state index contributed by atoms with van der Waals surface area (Å²) in [5.41, 5.74) is 0. The summed E-state index contributed by atoms with van der Waals surface area (Å²) < 4.78 is 12.1. The zero-order valence-corrected chi connectivity index (χ0v) is 8.38. The average Bonchev–Trinajstić information content (AvgIpc) is 2.44. The second-order valence-corrected chi connectivity index (χ2v) is 3.87. The Labute approximate surface area is 79.7 Å². The van der Waals surface area contributed by atoms with Crippen LogP contribution >= 0.6 is 0 Å². The van der Waals surface area contributed by atoms with Crippen LogP contribution in [0.1, 0.15) is 32.6 Å². The lowest BCUT2D eigenvalue weighted by molar-refractivity contribution is 0.170. The number of alkyl halides is 1. The highest BCUT2D eigenvalue weighted by Gasteiger charge is 2.29. The molecule has 13 heavy (non-hydrogen) atoms. The minimum atomic E-state index is -0.296. The van der Waals surface area contributed by atoms with Crippen LogP contribution in [0.3, 0.4) is 0 Å². The van der Waals surface area contributed by atoms with Gasteiger partial charge in [0.1, 0.15) is 6.67 Å². The van der Waals surface area contributed by atoms with Gasteiger partial charge in [-0.05, 0) is 12.8 Å².